The van der Waals surface area contributed by atoms with Crippen molar-refractivity contribution in [3.63, 3.8) is 0 Å². The summed E-state index contributed by atoms with van der Waals surface area (Å²) in [5, 5.41) is 2.98. The Kier molecular flexibility index (Phi) is 5.83. The van der Waals surface area contributed by atoms with Crippen molar-refractivity contribution in [3.05, 3.63) is 57.6 Å². The number of nitrogens with one attached hydrogen (secondary N) is 1. The van der Waals surface area contributed by atoms with Gasteiger partial charge in [0.1, 0.15) is 5.75 Å². The van der Waals surface area contributed by atoms with Gasteiger partial charge in [-0.2, -0.15) is 0 Å². The van der Waals surface area contributed by atoms with E-state index in [-0.39, 0.29) is 5.91 Å². The minimum absolute atomic E-state index is 0.168. The van der Waals surface area contributed by atoms with Crippen LogP contribution in [0.25, 0.3) is 0 Å². The molecule has 0 bridgehead atoms. The number of ether oxygens (including phenoxy) is 1. The van der Waals surface area contributed by atoms with E-state index in [0.717, 1.165) is 21.3 Å². The summed E-state index contributed by atoms with van der Waals surface area (Å²) in [5.41, 5.74) is 3.49. The SMILES string of the molecule is Cc1ccc(C)c(NC(=O)c2cc(Br)ccc2OCC(C)C)c1. The number of halogens is 1. The van der Waals surface area contributed by atoms with Crippen LogP contribution >= 0.6 is 15.9 Å². The number of carbonyl (C=O) groups excluding carboxylic acids is 1. The number of aryl methyl sites for hydroxylation is 2. The first-order valence-electron chi connectivity index (χ1n) is 7.67. The summed E-state index contributed by atoms with van der Waals surface area (Å²) in [5.74, 6) is 0.831. The largest absolute Gasteiger partial charge is 0.492 e. The molecule has 0 aliphatic heterocycles. The third-order valence-electron chi connectivity index (χ3n) is 3.40. The molecule has 3 nitrogen and oxygen atoms in total. The first-order chi connectivity index (χ1) is 10.9. The van der Waals surface area contributed by atoms with Crippen LogP contribution in [0.5, 0.6) is 5.75 Å². The summed E-state index contributed by atoms with van der Waals surface area (Å²) in [6.45, 7) is 8.71. The van der Waals surface area contributed by atoms with Crippen molar-refractivity contribution in [2.24, 2.45) is 5.92 Å². The Hall–Kier alpha value is -1.81. The lowest BCUT2D eigenvalue weighted by atomic mass is 10.1. The zero-order valence-corrected chi connectivity index (χ0v) is 15.5. The molecule has 0 unspecified atom stereocenters. The van der Waals surface area contributed by atoms with Crippen molar-refractivity contribution < 1.29 is 9.53 Å². The summed E-state index contributed by atoms with van der Waals surface area (Å²) in [4.78, 5) is 12.7. The Morgan fingerprint density at radius 1 is 1.17 bits per heavy atom. The second kappa shape index (κ2) is 7.64. The Balaban J connectivity index is 2.27. The molecule has 0 atom stereocenters. The van der Waals surface area contributed by atoms with Gasteiger partial charge >= 0.3 is 0 Å². The molecule has 0 fully saturated rings. The van der Waals surface area contributed by atoms with E-state index in [9.17, 15) is 4.79 Å². The molecular formula is C19H22BrNO2. The van der Waals surface area contributed by atoms with Crippen molar-refractivity contribution in [1.82, 2.24) is 0 Å². The molecule has 4 heteroatoms. The molecule has 0 spiro atoms. The second-order valence-corrected chi connectivity index (χ2v) is 7.03. The lowest BCUT2D eigenvalue weighted by Crippen LogP contribution is -2.15. The van der Waals surface area contributed by atoms with Crippen molar-refractivity contribution in [1.29, 1.82) is 0 Å². The Bertz CT molecular complexity index is 711. The number of anilines is 1. The van der Waals surface area contributed by atoms with Gasteiger partial charge in [0.2, 0.25) is 0 Å². The van der Waals surface area contributed by atoms with Gasteiger partial charge in [-0.25, -0.2) is 0 Å². The Morgan fingerprint density at radius 2 is 1.91 bits per heavy atom. The summed E-state index contributed by atoms with van der Waals surface area (Å²) in [6.07, 6.45) is 0. The van der Waals surface area contributed by atoms with Gasteiger partial charge in [-0.3, -0.25) is 4.79 Å². The van der Waals surface area contributed by atoms with Crippen molar-refractivity contribution >= 4 is 27.5 Å². The van der Waals surface area contributed by atoms with Gasteiger partial charge < -0.3 is 10.1 Å². The highest BCUT2D eigenvalue weighted by Crippen LogP contribution is 2.26. The maximum absolute atomic E-state index is 12.7. The monoisotopic (exact) mass is 375 g/mol. The van der Waals surface area contributed by atoms with Crippen molar-refractivity contribution in [2.75, 3.05) is 11.9 Å². The molecule has 0 aliphatic carbocycles. The summed E-state index contributed by atoms with van der Waals surface area (Å²) in [6, 6.07) is 11.5. The van der Waals surface area contributed by atoms with Crippen LogP contribution in [-0.2, 0) is 0 Å². The predicted molar refractivity (Wildman–Crippen MR) is 98.3 cm³/mol. The Labute approximate surface area is 146 Å². The molecule has 2 aromatic carbocycles. The normalized spacial score (nSPS) is 10.7. The third kappa shape index (κ3) is 4.83. The smallest absolute Gasteiger partial charge is 0.259 e. The summed E-state index contributed by atoms with van der Waals surface area (Å²) in [7, 11) is 0. The van der Waals surface area contributed by atoms with Crippen LogP contribution in [0, 0.1) is 19.8 Å². The minimum atomic E-state index is -0.168. The molecule has 122 valence electrons. The molecule has 1 amide bonds. The lowest BCUT2D eigenvalue weighted by molar-refractivity contribution is 0.102. The maximum atomic E-state index is 12.7. The highest BCUT2D eigenvalue weighted by molar-refractivity contribution is 9.10. The molecule has 0 aromatic heterocycles. The van der Waals surface area contributed by atoms with Gasteiger partial charge in [-0.05, 0) is 55.2 Å². The van der Waals surface area contributed by atoms with Crippen LogP contribution in [0.4, 0.5) is 5.69 Å². The zero-order chi connectivity index (χ0) is 17.0. The van der Waals surface area contributed by atoms with Gasteiger partial charge in [-0.15, -0.1) is 0 Å². The first kappa shape index (κ1) is 17.5. The topological polar surface area (TPSA) is 38.3 Å². The van der Waals surface area contributed by atoms with E-state index < -0.39 is 0 Å². The average Bonchev–Trinajstić information content (AvgIpc) is 2.49. The molecule has 0 heterocycles. The first-order valence-corrected chi connectivity index (χ1v) is 8.47. The highest BCUT2D eigenvalue weighted by Gasteiger charge is 2.15. The molecule has 23 heavy (non-hydrogen) atoms. The number of hydrogen-bond acceptors (Lipinski definition) is 2. The van der Waals surface area contributed by atoms with E-state index in [1.54, 1.807) is 6.07 Å². The minimum Gasteiger partial charge on any atom is -0.492 e. The molecule has 0 saturated carbocycles. The van der Waals surface area contributed by atoms with E-state index in [1.807, 2.05) is 44.2 Å². The number of amides is 1. The van der Waals surface area contributed by atoms with E-state index in [1.165, 1.54) is 0 Å². The fourth-order valence-corrected chi connectivity index (χ4v) is 2.48. The quantitative estimate of drug-likeness (QED) is 0.764. The van der Waals surface area contributed by atoms with Crippen LogP contribution in [0.2, 0.25) is 0 Å². The fourth-order valence-electron chi connectivity index (χ4n) is 2.12. The lowest BCUT2D eigenvalue weighted by Gasteiger charge is -2.15. The standard InChI is InChI=1S/C19H22BrNO2/c1-12(2)11-23-18-8-7-15(20)10-16(18)19(22)21-17-9-13(3)5-6-14(17)4/h5-10,12H,11H2,1-4H3,(H,21,22). The number of rotatable bonds is 5. The number of benzene rings is 2. The van der Waals surface area contributed by atoms with E-state index in [4.69, 9.17) is 4.74 Å². The predicted octanol–water partition coefficient (Wildman–Crippen LogP) is 5.35. The van der Waals surface area contributed by atoms with Gasteiger partial charge in [-0.1, -0.05) is 41.9 Å². The van der Waals surface area contributed by atoms with E-state index in [2.05, 4.69) is 35.1 Å². The van der Waals surface area contributed by atoms with Crippen LogP contribution in [0.3, 0.4) is 0 Å². The second-order valence-electron chi connectivity index (χ2n) is 6.12. The van der Waals surface area contributed by atoms with Gasteiger partial charge in [0.15, 0.2) is 0 Å². The number of carbonyl (C=O) groups is 1. The van der Waals surface area contributed by atoms with Crippen molar-refractivity contribution in [3.8, 4) is 5.75 Å². The zero-order valence-electron chi connectivity index (χ0n) is 13.9. The molecule has 0 radical (unpaired) electrons. The molecule has 2 aromatic rings. The number of hydrogen-bond donors (Lipinski definition) is 1. The fraction of sp³-hybridized carbons (Fsp3) is 0.316. The molecule has 1 N–H and O–H groups in total. The van der Waals surface area contributed by atoms with Crippen LogP contribution in [-0.4, -0.2) is 12.5 Å². The Morgan fingerprint density at radius 3 is 2.61 bits per heavy atom. The summed E-state index contributed by atoms with van der Waals surface area (Å²) >= 11 is 3.42. The van der Waals surface area contributed by atoms with Crippen molar-refractivity contribution in [2.45, 2.75) is 27.7 Å². The van der Waals surface area contributed by atoms with Gasteiger partial charge in [0.05, 0.1) is 12.2 Å². The van der Waals surface area contributed by atoms with Crippen LogP contribution in [0.1, 0.15) is 35.3 Å². The molecule has 0 saturated heterocycles. The van der Waals surface area contributed by atoms with Gasteiger partial charge in [0.25, 0.3) is 5.91 Å². The molecule has 2 rings (SSSR count). The van der Waals surface area contributed by atoms with Gasteiger partial charge in [0, 0.05) is 10.2 Å². The van der Waals surface area contributed by atoms with E-state index in [0.29, 0.717) is 23.8 Å². The maximum Gasteiger partial charge on any atom is 0.259 e. The molecule has 0 aliphatic rings. The average molecular weight is 376 g/mol. The van der Waals surface area contributed by atoms with E-state index >= 15 is 0 Å². The summed E-state index contributed by atoms with van der Waals surface area (Å²) < 4.78 is 6.63. The third-order valence-corrected chi connectivity index (χ3v) is 3.89. The highest BCUT2D eigenvalue weighted by atomic mass is 79.9. The van der Waals surface area contributed by atoms with Crippen LogP contribution in [0.15, 0.2) is 40.9 Å². The molecular weight excluding hydrogens is 354 g/mol. The van der Waals surface area contributed by atoms with Crippen LogP contribution < -0.4 is 10.1 Å².